The van der Waals surface area contributed by atoms with Gasteiger partial charge in [-0.3, -0.25) is 0 Å². The molecule has 4 bridgehead atoms. The maximum Gasteiger partial charge on any atom is 0.376 e. The molecule has 0 aromatic rings. The normalized spacial score (nSPS) is 46.0. The standard InChI is InChI=1S/C19H27F3O5/c1-17(20)9-26-19(27-10-17)13-6-11-5-12(8-13)15(14(19)7-11)24-3-4-25-16(23)18(2,21)22/h11-15H,3-10H2,1-2H3. The molecule has 154 valence electrons. The zero-order chi connectivity index (χ0) is 19.4. The number of esters is 1. The lowest BCUT2D eigenvalue weighted by Crippen LogP contribution is -2.69. The van der Waals surface area contributed by atoms with Gasteiger partial charge in [0.25, 0.3) is 0 Å². The minimum absolute atomic E-state index is 0.00521. The Balaban J connectivity index is 1.39. The van der Waals surface area contributed by atoms with Crippen LogP contribution in [0.15, 0.2) is 0 Å². The molecule has 0 aromatic carbocycles. The molecule has 1 saturated heterocycles. The predicted octanol–water partition coefficient (Wildman–Crippen LogP) is 3.11. The number of carbonyl (C=O) groups is 1. The van der Waals surface area contributed by atoms with Gasteiger partial charge < -0.3 is 18.9 Å². The van der Waals surface area contributed by atoms with Gasteiger partial charge in [-0.25, -0.2) is 9.18 Å². The minimum atomic E-state index is -3.50. The van der Waals surface area contributed by atoms with Gasteiger partial charge in [-0.05, 0) is 44.4 Å². The number of rotatable bonds is 5. The quantitative estimate of drug-likeness (QED) is 0.532. The van der Waals surface area contributed by atoms with Gasteiger partial charge in [-0.1, -0.05) is 0 Å². The van der Waals surface area contributed by atoms with Crippen LogP contribution in [0.4, 0.5) is 13.2 Å². The van der Waals surface area contributed by atoms with E-state index in [1.807, 2.05) is 0 Å². The lowest BCUT2D eigenvalue weighted by Gasteiger charge is -2.64. The molecule has 5 atom stereocenters. The van der Waals surface area contributed by atoms with Gasteiger partial charge in [-0.15, -0.1) is 0 Å². The summed E-state index contributed by atoms with van der Waals surface area (Å²) in [6.07, 6.45) is 3.75. The Morgan fingerprint density at radius 3 is 2.52 bits per heavy atom. The molecule has 1 heterocycles. The van der Waals surface area contributed by atoms with Crippen LogP contribution < -0.4 is 0 Å². The zero-order valence-electron chi connectivity index (χ0n) is 15.7. The molecule has 1 spiro atoms. The van der Waals surface area contributed by atoms with Crippen molar-refractivity contribution in [2.45, 2.75) is 63.0 Å². The fourth-order valence-electron chi connectivity index (χ4n) is 5.55. The van der Waals surface area contributed by atoms with Gasteiger partial charge in [0.15, 0.2) is 11.5 Å². The summed E-state index contributed by atoms with van der Waals surface area (Å²) in [5, 5.41) is 0. The maximum atomic E-state index is 14.2. The monoisotopic (exact) mass is 392 g/mol. The molecular weight excluding hydrogens is 365 g/mol. The number of hydrogen-bond donors (Lipinski definition) is 0. The first-order chi connectivity index (χ1) is 12.6. The van der Waals surface area contributed by atoms with Crippen LogP contribution in [-0.2, 0) is 23.7 Å². The van der Waals surface area contributed by atoms with Crippen LogP contribution in [0.3, 0.4) is 0 Å². The van der Waals surface area contributed by atoms with E-state index in [2.05, 4.69) is 4.74 Å². The Kier molecular flexibility index (Phi) is 4.75. The fourth-order valence-corrected chi connectivity index (χ4v) is 5.55. The Hall–Kier alpha value is -0.860. The van der Waals surface area contributed by atoms with Crippen LogP contribution >= 0.6 is 0 Å². The van der Waals surface area contributed by atoms with Crippen molar-refractivity contribution >= 4 is 5.97 Å². The van der Waals surface area contributed by atoms with E-state index in [9.17, 15) is 18.0 Å². The number of hydrogen-bond acceptors (Lipinski definition) is 5. The van der Waals surface area contributed by atoms with E-state index in [0.717, 1.165) is 25.7 Å². The minimum Gasteiger partial charge on any atom is -0.459 e. The summed E-state index contributed by atoms with van der Waals surface area (Å²) in [6, 6.07) is 0. The van der Waals surface area contributed by atoms with Gasteiger partial charge in [0.05, 0.1) is 25.9 Å². The number of ether oxygens (including phenoxy) is 4. The summed E-state index contributed by atoms with van der Waals surface area (Å²) >= 11 is 0. The lowest BCUT2D eigenvalue weighted by atomic mass is 9.51. The Bertz CT molecular complexity index is 580. The van der Waals surface area contributed by atoms with E-state index < -0.39 is 23.3 Å². The third kappa shape index (κ3) is 3.49. The van der Waals surface area contributed by atoms with Crippen LogP contribution in [0.1, 0.15) is 39.5 Å². The molecular formula is C19H27F3O5. The highest BCUT2D eigenvalue weighted by Crippen LogP contribution is 2.61. The second-order valence-electron chi connectivity index (χ2n) is 8.94. The van der Waals surface area contributed by atoms with Crippen molar-refractivity contribution < 1.29 is 36.9 Å². The smallest absolute Gasteiger partial charge is 0.376 e. The average molecular weight is 392 g/mol. The molecule has 5 aliphatic rings. The first-order valence-corrected chi connectivity index (χ1v) is 9.74. The van der Waals surface area contributed by atoms with E-state index in [4.69, 9.17) is 14.2 Å². The zero-order valence-corrected chi connectivity index (χ0v) is 15.7. The number of halogens is 3. The fraction of sp³-hybridized carbons (Fsp3) is 0.947. The summed E-state index contributed by atoms with van der Waals surface area (Å²) in [5.41, 5.74) is -1.49. The molecule has 5 fully saturated rings. The summed E-state index contributed by atoms with van der Waals surface area (Å²) in [7, 11) is 0. The van der Waals surface area contributed by atoms with Crippen molar-refractivity contribution in [1.82, 2.24) is 0 Å². The van der Waals surface area contributed by atoms with Gasteiger partial charge in [0.2, 0.25) is 0 Å². The molecule has 1 aliphatic heterocycles. The van der Waals surface area contributed by atoms with Gasteiger partial charge in [0.1, 0.15) is 6.61 Å². The van der Waals surface area contributed by atoms with Crippen molar-refractivity contribution in [3.8, 4) is 0 Å². The second-order valence-corrected chi connectivity index (χ2v) is 8.94. The van der Waals surface area contributed by atoms with E-state index >= 15 is 0 Å². The van der Waals surface area contributed by atoms with E-state index in [0.29, 0.717) is 18.8 Å². The molecule has 4 aliphatic carbocycles. The highest BCUT2D eigenvalue weighted by atomic mass is 19.3. The van der Waals surface area contributed by atoms with Crippen molar-refractivity contribution in [3.05, 3.63) is 0 Å². The summed E-state index contributed by atoms with van der Waals surface area (Å²) < 4.78 is 62.5. The van der Waals surface area contributed by atoms with E-state index in [-0.39, 0.29) is 44.4 Å². The SMILES string of the molecule is CC1(F)COC2(OC1)C1CC3CC(C1)C(OCCOC(=O)C(C)(F)F)C2C3. The maximum absolute atomic E-state index is 14.2. The average Bonchev–Trinajstić information content (AvgIpc) is 2.58. The summed E-state index contributed by atoms with van der Waals surface area (Å²) in [6.45, 7) is 1.82. The third-order valence-electron chi connectivity index (χ3n) is 6.56. The third-order valence-corrected chi connectivity index (χ3v) is 6.56. The van der Waals surface area contributed by atoms with Crippen LogP contribution in [0.2, 0.25) is 0 Å². The molecule has 5 rings (SSSR count). The van der Waals surface area contributed by atoms with Crippen molar-refractivity contribution in [2.75, 3.05) is 26.4 Å². The van der Waals surface area contributed by atoms with Crippen molar-refractivity contribution in [3.63, 3.8) is 0 Å². The van der Waals surface area contributed by atoms with Crippen molar-refractivity contribution in [1.29, 1.82) is 0 Å². The highest BCUT2D eigenvalue weighted by Gasteiger charge is 2.65. The number of alkyl halides is 3. The topological polar surface area (TPSA) is 54.0 Å². The predicted molar refractivity (Wildman–Crippen MR) is 87.9 cm³/mol. The first-order valence-electron chi connectivity index (χ1n) is 9.74. The molecule has 27 heavy (non-hydrogen) atoms. The largest absolute Gasteiger partial charge is 0.459 e. The first kappa shape index (κ1) is 19.5. The van der Waals surface area contributed by atoms with Crippen LogP contribution in [0.25, 0.3) is 0 Å². The summed E-state index contributed by atoms with van der Waals surface area (Å²) in [5.74, 6) is -4.67. The molecule has 5 nitrogen and oxygen atoms in total. The molecule has 0 aromatic heterocycles. The molecule has 0 amide bonds. The molecule has 5 unspecified atom stereocenters. The van der Waals surface area contributed by atoms with E-state index in [1.165, 1.54) is 6.92 Å². The van der Waals surface area contributed by atoms with Gasteiger partial charge in [0, 0.05) is 18.8 Å². The van der Waals surface area contributed by atoms with Gasteiger partial charge >= 0.3 is 11.9 Å². The van der Waals surface area contributed by atoms with Crippen molar-refractivity contribution in [2.24, 2.45) is 23.7 Å². The summed E-state index contributed by atoms with van der Waals surface area (Å²) in [4.78, 5) is 11.2. The molecule has 4 saturated carbocycles. The highest BCUT2D eigenvalue weighted by molar-refractivity contribution is 5.76. The molecule has 0 N–H and O–H groups in total. The van der Waals surface area contributed by atoms with Gasteiger partial charge in [-0.2, -0.15) is 8.78 Å². The Morgan fingerprint density at radius 1 is 1.15 bits per heavy atom. The molecule has 8 heteroatoms. The second kappa shape index (κ2) is 6.59. The van der Waals surface area contributed by atoms with Crippen LogP contribution in [0, 0.1) is 23.7 Å². The van der Waals surface area contributed by atoms with E-state index in [1.54, 1.807) is 0 Å². The molecule has 0 radical (unpaired) electrons. The lowest BCUT2D eigenvalue weighted by molar-refractivity contribution is -0.396. The van der Waals surface area contributed by atoms with Crippen LogP contribution in [-0.4, -0.2) is 55.9 Å². The van der Waals surface area contributed by atoms with Crippen LogP contribution in [0.5, 0.6) is 0 Å². The Labute approximate surface area is 156 Å². The number of carbonyl (C=O) groups excluding carboxylic acids is 1. The Morgan fingerprint density at radius 2 is 1.85 bits per heavy atom.